The first-order chi connectivity index (χ1) is 9.23. The molecule has 0 aliphatic carbocycles. The lowest BCUT2D eigenvalue weighted by Gasteiger charge is -2.20. The Kier molecular flexibility index (Phi) is 5.21. The second-order valence-electron chi connectivity index (χ2n) is 5.34. The van der Waals surface area contributed by atoms with Crippen LogP contribution in [0.4, 0.5) is 10.1 Å². The third-order valence-electron chi connectivity index (χ3n) is 2.43. The van der Waals surface area contributed by atoms with Gasteiger partial charge in [0.25, 0.3) is 0 Å². The molecular weight excluding hydrogens is 263 g/mol. The number of rotatable bonds is 4. The van der Waals surface area contributed by atoms with E-state index in [-0.39, 0.29) is 23.6 Å². The van der Waals surface area contributed by atoms with E-state index in [1.807, 2.05) is 20.8 Å². The minimum Gasteiger partial charge on any atom is -0.465 e. The van der Waals surface area contributed by atoms with Crippen LogP contribution >= 0.6 is 0 Å². The highest BCUT2D eigenvalue weighted by Gasteiger charge is 2.15. The normalized spacial score (nSPS) is 11.1. The minimum atomic E-state index is -0.786. The number of amides is 1. The van der Waals surface area contributed by atoms with Crippen molar-refractivity contribution < 1.29 is 18.7 Å². The standard InChI is InChI=1S/C14H19FN2O3/c1-14(2,3)16-8-12(18)17-9-5-6-11(15)10(7-9)13(19)20-4/h5-7,16H,8H2,1-4H3,(H,17,18). The van der Waals surface area contributed by atoms with Crippen LogP contribution < -0.4 is 10.6 Å². The number of hydrogen-bond donors (Lipinski definition) is 2. The molecule has 0 bridgehead atoms. The van der Waals surface area contributed by atoms with E-state index in [9.17, 15) is 14.0 Å². The van der Waals surface area contributed by atoms with Crippen LogP contribution in [-0.2, 0) is 9.53 Å². The Morgan fingerprint density at radius 2 is 1.95 bits per heavy atom. The molecule has 0 atom stereocenters. The largest absolute Gasteiger partial charge is 0.465 e. The van der Waals surface area contributed by atoms with Gasteiger partial charge < -0.3 is 15.4 Å². The molecule has 0 spiro atoms. The van der Waals surface area contributed by atoms with Gasteiger partial charge in [-0.1, -0.05) is 0 Å². The Hall–Kier alpha value is -1.95. The van der Waals surface area contributed by atoms with Gasteiger partial charge in [0.1, 0.15) is 5.82 Å². The van der Waals surface area contributed by atoms with E-state index in [2.05, 4.69) is 15.4 Å². The molecule has 20 heavy (non-hydrogen) atoms. The van der Waals surface area contributed by atoms with Crippen LogP contribution in [0.5, 0.6) is 0 Å². The summed E-state index contributed by atoms with van der Waals surface area (Å²) in [4.78, 5) is 23.1. The number of carbonyl (C=O) groups is 2. The minimum absolute atomic E-state index is 0.119. The molecule has 0 aliphatic heterocycles. The molecule has 0 heterocycles. The zero-order valence-electron chi connectivity index (χ0n) is 12.0. The molecule has 5 nitrogen and oxygen atoms in total. The van der Waals surface area contributed by atoms with Gasteiger partial charge in [-0.15, -0.1) is 0 Å². The summed E-state index contributed by atoms with van der Waals surface area (Å²) < 4.78 is 17.9. The van der Waals surface area contributed by atoms with Crippen molar-refractivity contribution >= 4 is 17.6 Å². The van der Waals surface area contributed by atoms with Crippen molar-refractivity contribution in [1.29, 1.82) is 0 Å². The van der Waals surface area contributed by atoms with Crippen LogP contribution in [-0.4, -0.2) is 31.1 Å². The van der Waals surface area contributed by atoms with E-state index >= 15 is 0 Å². The van der Waals surface area contributed by atoms with Crippen molar-refractivity contribution in [2.45, 2.75) is 26.3 Å². The van der Waals surface area contributed by atoms with E-state index in [1.165, 1.54) is 19.2 Å². The van der Waals surface area contributed by atoms with E-state index < -0.39 is 11.8 Å². The smallest absolute Gasteiger partial charge is 0.340 e. The molecular formula is C14H19FN2O3. The molecule has 0 saturated carbocycles. The predicted molar refractivity (Wildman–Crippen MR) is 74.1 cm³/mol. The lowest BCUT2D eigenvalue weighted by atomic mass is 10.1. The zero-order chi connectivity index (χ0) is 15.3. The Labute approximate surface area is 117 Å². The Morgan fingerprint density at radius 1 is 1.30 bits per heavy atom. The van der Waals surface area contributed by atoms with Crippen LogP contribution in [0.15, 0.2) is 18.2 Å². The van der Waals surface area contributed by atoms with Gasteiger partial charge in [0.2, 0.25) is 5.91 Å². The van der Waals surface area contributed by atoms with E-state index in [1.54, 1.807) is 0 Å². The zero-order valence-corrected chi connectivity index (χ0v) is 12.0. The molecule has 110 valence electrons. The van der Waals surface area contributed by atoms with Gasteiger partial charge in [-0.05, 0) is 39.0 Å². The Balaban J connectivity index is 2.73. The third-order valence-corrected chi connectivity index (χ3v) is 2.43. The maximum atomic E-state index is 13.4. The lowest BCUT2D eigenvalue weighted by molar-refractivity contribution is -0.115. The summed E-state index contributed by atoms with van der Waals surface area (Å²) in [5, 5.41) is 5.61. The number of ether oxygens (including phenoxy) is 1. The molecule has 0 saturated heterocycles. The molecule has 1 amide bonds. The SMILES string of the molecule is COC(=O)c1cc(NC(=O)CNC(C)(C)C)ccc1F. The Bertz CT molecular complexity index is 510. The third kappa shape index (κ3) is 4.97. The number of nitrogens with one attached hydrogen (secondary N) is 2. The first-order valence-corrected chi connectivity index (χ1v) is 6.15. The van der Waals surface area contributed by atoms with Crippen LogP contribution in [0.1, 0.15) is 31.1 Å². The predicted octanol–water partition coefficient (Wildman–Crippen LogP) is 1.94. The molecule has 1 aromatic carbocycles. The van der Waals surface area contributed by atoms with Crippen molar-refractivity contribution in [3.63, 3.8) is 0 Å². The summed E-state index contributed by atoms with van der Waals surface area (Å²) in [5.41, 5.74) is -0.0567. The average Bonchev–Trinajstić information content (AvgIpc) is 2.37. The highest BCUT2D eigenvalue weighted by Crippen LogP contribution is 2.15. The fourth-order valence-corrected chi connectivity index (χ4v) is 1.42. The number of halogens is 1. The second kappa shape index (κ2) is 6.47. The average molecular weight is 282 g/mol. The van der Waals surface area contributed by atoms with Gasteiger partial charge >= 0.3 is 5.97 Å². The summed E-state index contributed by atoms with van der Waals surface area (Å²) in [6.07, 6.45) is 0. The molecule has 1 rings (SSSR count). The van der Waals surface area contributed by atoms with Crippen LogP contribution in [0, 0.1) is 5.82 Å². The molecule has 6 heteroatoms. The summed E-state index contributed by atoms with van der Waals surface area (Å²) in [7, 11) is 1.17. The molecule has 0 fully saturated rings. The number of carbonyl (C=O) groups excluding carboxylic acids is 2. The summed E-state index contributed by atoms with van der Waals surface area (Å²) >= 11 is 0. The first-order valence-electron chi connectivity index (χ1n) is 6.15. The van der Waals surface area contributed by atoms with Crippen molar-refractivity contribution in [1.82, 2.24) is 5.32 Å². The number of hydrogen-bond acceptors (Lipinski definition) is 4. The fraction of sp³-hybridized carbons (Fsp3) is 0.429. The van der Waals surface area contributed by atoms with Crippen molar-refractivity contribution in [3.05, 3.63) is 29.6 Å². The highest BCUT2D eigenvalue weighted by molar-refractivity contribution is 5.95. The van der Waals surface area contributed by atoms with Gasteiger partial charge in [0.15, 0.2) is 0 Å². The van der Waals surface area contributed by atoms with Crippen molar-refractivity contribution in [3.8, 4) is 0 Å². The van der Waals surface area contributed by atoms with Crippen LogP contribution in [0.25, 0.3) is 0 Å². The summed E-state index contributed by atoms with van der Waals surface area (Å²) in [5.74, 6) is -1.75. The fourth-order valence-electron chi connectivity index (χ4n) is 1.42. The number of anilines is 1. The van der Waals surface area contributed by atoms with E-state index in [4.69, 9.17) is 0 Å². The van der Waals surface area contributed by atoms with E-state index in [0.29, 0.717) is 5.69 Å². The van der Waals surface area contributed by atoms with Gasteiger partial charge in [-0.3, -0.25) is 4.79 Å². The van der Waals surface area contributed by atoms with Crippen molar-refractivity contribution in [2.24, 2.45) is 0 Å². The first kappa shape index (κ1) is 16.1. The van der Waals surface area contributed by atoms with E-state index in [0.717, 1.165) is 6.07 Å². The number of benzene rings is 1. The monoisotopic (exact) mass is 282 g/mol. The topological polar surface area (TPSA) is 67.4 Å². The maximum Gasteiger partial charge on any atom is 0.340 e. The molecule has 2 N–H and O–H groups in total. The Morgan fingerprint density at radius 3 is 2.50 bits per heavy atom. The van der Waals surface area contributed by atoms with Crippen LogP contribution in [0.2, 0.25) is 0 Å². The van der Waals surface area contributed by atoms with Gasteiger partial charge in [-0.25, -0.2) is 9.18 Å². The van der Waals surface area contributed by atoms with Crippen molar-refractivity contribution in [2.75, 3.05) is 19.0 Å². The molecule has 0 radical (unpaired) electrons. The van der Waals surface area contributed by atoms with Gasteiger partial charge in [0, 0.05) is 11.2 Å². The maximum absolute atomic E-state index is 13.4. The highest BCUT2D eigenvalue weighted by atomic mass is 19.1. The molecule has 0 aliphatic rings. The summed E-state index contributed by atoms with van der Waals surface area (Å²) in [6, 6.07) is 3.74. The lowest BCUT2D eigenvalue weighted by Crippen LogP contribution is -2.41. The van der Waals surface area contributed by atoms with Gasteiger partial charge in [-0.2, -0.15) is 0 Å². The molecule has 0 aromatic heterocycles. The number of esters is 1. The van der Waals surface area contributed by atoms with Gasteiger partial charge in [0.05, 0.1) is 19.2 Å². The molecule has 0 unspecified atom stereocenters. The summed E-state index contributed by atoms with van der Waals surface area (Å²) in [6.45, 7) is 5.93. The van der Waals surface area contributed by atoms with Crippen LogP contribution in [0.3, 0.4) is 0 Å². The second-order valence-corrected chi connectivity index (χ2v) is 5.34. The quantitative estimate of drug-likeness (QED) is 0.828. The number of methoxy groups -OCH3 is 1. The molecule has 1 aromatic rings.